The summed E-state index contributed by atoms with van der Waals surface area (Å²) in [6.07, 6.45) is 6.10. The van der Waals surface area contributed by atoms with Crippen molar-refractivity contribution >= 4 is 29.5 Å². The Bertz CT molecular complexity index is 1130. The zero-order valence-electron chi connectivity index (χ0n) is 23.6. The van der Waals surface area contributed by atoms with Gasteiger partial charge in [0, 0.05) is 42.6 Å². The lowest BCUT2D eigenvalue weighted by atomic mass is 10.1. The number of nitrogens with zero attached hydrogens (tertiary/aromatic N) is 3. The molecule has 0 radical (unpaired) electrons. The number of aromatic nitrogens is 2. The summed E-state index contributed by atoms with van der Waals surface area (Å²) in [5, 5.41) is 10.4. The van der Waals surface area contributed by atoms with Crippen molar-refractivity contribution in [2.75, 3.05) is 42.9 Å². The van der Waals surface area contributed by atoms with Gasteiger partial charge in [-0.1, -0.05) is 38.7 Å². The summed E-state index contributed by atoms with van der Waals surface area (Å²) >= 11 is 1.68. The Morgan fingerprint density at radius 3 is 2.79 bits per heavy atom. The largest absolute Gasteiger partial charge is 0.475 e. The number of anilines is 2. The third kappa shape index (κ3) is 10.3. The fraction of sp³-hybridized carbons (Fsp3) is 0.567. The lowest BCUT2D eigenvalue weighted by Crippen LogP contribution is -2.41. The number of rotatable bonds is 15. The number of ether oxygens (including phenoxy) is 1. The molecule has 2 aliphatic rings. The Balaban J connectivity index is 1.42. The first-order valence-corrected chi connectivity index (χ1v) is 14.9. The van der Waals surface area contributed by atoms with E-state index in [2.05, 4.69) is 53.5 Å². The van der Waals surface area contributed by atoms with Gasteiger partial charge in [-0.25, -0.2) is 9.97 Å². The molecule has 0 unspecified atom stereocenters. The van der Waals surface area contributed by atoms with E-state index < -0.39 is 0 Å². The van der Waals surface area contributed by atoms with Crippen LogP contribution in [0.2, 0.25) is 0 Å². The van der Waals surface area contributed by atoms with E-state index in [-0.39, 0.29) is 11.9 Å². The molecule has 0 saturated heterocycles. The highest BCUT2D eigenvalue weighted by Crippen LogP contribution is 2.37. The van der Waals surface area contributed by atoms with Gasteiger partial charge in [0.1, 0.15) is 18.2 Å². The van der Waals surface area contributed by atoms with Gasteiger partial charge in [0.2, 0.25) is 5.88 Å². The van der Waals surface area contributed by atoms with Crippen LogP contribution in [-0.2, 0) is 0 Å². The van der Waals surface area contributed by atoms with E-state index in [0.29, 0.717) is 48.1 Å². The van der Waals surface area contributed by atoms with Gasteiger partial charge >= 0.3 is 0 Å². The number of pyridine rings is 2. The molecule has 0 spiro atoms. The van der Waals surface area contributed by atoms with Crippen LogP contribution in [0.1, 0.15) is 56.8 Å². The molecule has 2 aromatic heterocycles. The maximum absolute atomic E-state index is 13.5. The van der Waals surface area contributed by atoms with Crippen LogP contribution in [0.25, 0.3) is 0 Å². The zero-order valence-corrected chi connectivity index (χ0v) is 24.4. The maximum atomic E-state index is 13.5. The number of amides is 1. The van der Waals surface area contributed by atoms with Crippen molar-refractivity contribution < 1.29 is 9.53 Å². The van der Waals surface area contributed by atoms with Crippen molar-refractivity contribution in [1.29, 1.82) is 0 Å². The molecule has 0 aromatic carbocycles. The average Bonchev–Trinajstić information content (AvgIpc) is 3.86. The first kappa shape index (κ1) is 29.0. The zero-order chi connectivity index (χ0) is 27.6. The molecule has 39 heavy (non-hydrogen) atoms. The van der Waals surface area contributed by atoms with Crippen LogP contribution in [0, 0.1) is 29.6 Å². The van der Waals surface area contributed by atoms with Crippen molar-refractivity contribution in [3.63, 3.8) is 0 Å². The van der Waals surface area contributed by atoms with Gasteiger partial charge < -0.3 is 25.0 Å². The fourth-order valence-corrected chi connectivity index (χ4v) is 4.96. The van der Waals surface area contributed by atoms with E-state index in [0.717, 1.165) is 30.6 Å². The molecule has 2 saturated carbocycles. The Kier molecular flexibility index (Phi) is 10.7. The lowest BCUT2D eigenvalue weighted by molar-refractivity contribution is 0.0917. The van der Waals surface area contributed by atoms with E-state index in [1.54, 1.807) is 18.1 Å². The van der Waals surface area contributed by atoms with Gasteiger partial charge in [0.25, 0.3) is 5.91 Å². The standard InChI is InChI=1S/C30H42N6O2S/c1-21(2)39-36(4)28-18-24(17-27(35-28)33-19-25-16-22(25)3)30(37)34-26(20-38-29-9-5-6-14-32-29)12-15-31-13-7-8-23-10-11-23/h5-6,9,14,17-18,21-23,25-26,31H,10-13,15-16,19-20H2,1-4H3,(H,33,35)(H,34,37)/t22-,25+,26+/m0/s1. The summed E-state index contributed by atoms with van der Waals surface area (Å²) in [7, 11) is 1.99. The van der Waals surface area contributed by atoms with Crippen LogP contribution in [0.3, 0.4) is 0 Å². The summed E-state index contributed by atoms with van der Waals surface area (Å²) in [4.78, 5) is 22.6. The molecule has 0 aliphatic heterocycles. The minimum absolute atomic E-state index is 0.146. The first-order chi connectivity index (χ1) is 18.9. The Morgan fingerprint density at radius 1 is 1.28 bits per heavy atom. The summed E-state index contributed by atoms with van der Waals surface area (Å²) in [6.45, 7) is 9.12. The molecule has 1 amide bonds. The van der Waals surface area contributed by atoms with Gasteiger partial charge in [-0.3, -0.25) is 4.79 Å². The third-order valence-electron chi connectivity index (χ3n) is 6.76. The van der Waals surface area contributed by atoms with E-state index in [1.807, 2.05) is 41.7 Å². The summed E-state index contributed by atoms with van der Waals surface area (Å²) < 4.78 is 7.94. The molecule has 3 N–H and O–H groups in total. The third-order valence-corrected chi connectivity index (χ3v) is 7.68. The van der Waals surface area contributed by atoms with Crippen molar-refractivity contribution in [1.82, 2.24) is 20.6 Å². The normalized spacial score (nSPS) is 18.6. The van der Waals surface area contributed by atoms with Crippen LogP contribution < -0.4 is 25.0 Å². The summed E-state index contributed by atoms with van der Waals surface area (Å²) in [6, 6.07) is 9.06. The molecule has 2 aromatic rings. The highest BCUT2D eigenvalue weighted by molar-refractivity contribution is 8.01. The molecule has 2 heterocycles. The monoisotopic (exact) mass is 550 g/mol. The fourth-order valence-electron chi connectivity index (χ4n) is 4.12. The van der Waals surface area contributed by atoms with Crippen LogP contribution >= 0.6 is 11.9 Å². The lowest BCUT2D eigenvalue weighted by Gasteiger charge is -2.22. The predicted octanol–water partition coefficient (Wildman–Crippen LogP) is 4.61. The first-order valence-electron chi connectivity index (χ1n) is 14.1. The maximum Gasteiger partial charge on any atom is 0.251 e. The van der Waals surface area contributed by atoms with Gasteiger partial charge in [-0.15, -0.1) is 0 Å². The van der Waals surface area contributed by atoms with Crippen LogP contribution in [0.5, 0.6) is 5.88 Å². The molecule has 210 valence electrons. The van der Waals surface area contributed by atoms with Crippen molar-refractivity contribution in [3.05, 3.63) is 42.1 Å². The van der Waals surface area contributed by atoms with Crippen molar-refractivity contribution in [2.45, 2.75) is 57.7 Å². The number of hydrogen-bond acceptors (Lipinski definition) is 8. The molecule has 0 bridgehead atoms. The molecule has 2 fully saturated rings. The SMILES string of the molecule is CC(C)SN(C)c1cc(C(=O)N[C@H](CCNCC#CC2CC2)COc2ccccn2)cc(NC[C@H]2C[C@@H]2C)n1. The Labute approximate surface area is 237 Å². The molecule has 2 aliphatic carbocycles. The van der Waals surface area contributed by atoms with Crippen LogP contribution in [0.15, 0.2) is 36.5 Å². The second kappa shape index (κ2) is 14.4. The van der Waals surface area contributed by atoms with Gasteiger partial charge in [0.05, 0.1) is 12.6 Å². The summed E-state index contributed by atoms with van der Waals surface area (Å²) in [5.74, 6) is 10.4. The van der Waals surface area contributed by atoms with Gasteiger partial charge in [-0.2, -0.15) is 0 Å². The predicted molar refractivity (Wildman–Crippen MR) is 160 cm³/mol. The van der Waals surface area contributed by atoms with Crippen molar-refractivity contribution in [3.8, 4) is 17.7 Å². The van der Waals surface area contributed by atoms with E-state index in [9.17, 15) is 4.79 Å². The molecule has 3 atom stereocenters. The van der Waals surface area contributed by atoms with E-state index in [4.69, 9.17) is 9.72 Å². The van der Waals surface area contributed by atoms with Gasteiger partial charge in [-0.05, 0) is 74.2 Å². The number of nitrogens with one attached hydrogen (secondary N) is 3. The highest BCUT2D eigenvalue weighted by Gasteiger charge is 2.32. The second-order valence-electron chi connectivity index (χ2n) is 10.8. The molecule has 8 nitrogen and oxygen atoms in total. The Hall–Kier alpha value is -2.96. The number of carbonyl (C=O) groups is 1. The average molecular weight is 551 g/mol. The van der Waals surface area contributed by atoms with E-state index >= 15 is 0 Å². The van der Waals surface area contributed by atoms with E-state index in [1.165, 1.54) is 19.3 Å². The molecular weight excluding hydrogens is 508 g/mol. The summed E-state index contributed by atoms with van der Waals surface area (Å²) in [5.41, 5.74) is 0.577. The number of hydrogen-bond donors (Lipinski definition) is 3. The smallest absolute Gasteiger partial charge is 0.251 e. The van der Waals surface area contributed by atoms with Crippen molar-refractivity contribution in [2.24, 2.45) is 17.8 Å². The minimum Gasteiger partial charge on any atom is -0.475 e. The van der Waals surface area contributed by atoms with Crippen LogP contribution in [0.4, 0.5) is 11.6 Å². The minimum atomic E-state index is -0.202. The Morgan fingerprint density at radius 2 is 2.10 bits per heavy atom. The number of carbonyl (C=O) groups excluding carboxylic acids is 1. The quantitative estimate of drug-likeness (QED) is 0.168. The van der Waals surface area contributed by atoms with Gasteiger partial charge in [0.15, 0.2) is 0 Å². The van der Waals surface area contributed by atoms with Crippen LogP contribution in [-0.4, -0.2) is 60.5 Å². The highest BCUT2D eigenvalue weighted by atomic mass is 32.2. The molecule has 9 heteroatoms. The molecular formula is C30H42N6O2S. The molecule has 4 rings (SSSR count). The topological polar surface area (TPSA) is 91.4 Å². The second-order valence-corrected chi connectivity index (χ2v) is 12.5.